The first-order valence-electron chi connectivity index (χ1n) is 8.73. The van der Waals surface area contributed by atoms with Crippen LogP contribution < -0.4 is 5.32 Å². The zero-order valence-corrected chi connectivity index (χ0v) is 16.7. The van der Waals surface area contributed by atoms with Crippen LogP contribution in [0.3, 0.4) is 0 Å². The Morgan fingerprint density at radius 1 is 1.19 bits per heavy atom. The van der Waals surface area contributed by atoms with Crippen LogP contribution in [-0.2, 0) is 14.3 Å². The van der Waals surface area contributed by atoms with Gasteiger partial charge in [0, 0.05) is 16.1 Å². The van der Waals surface area contributed by atoms with E-state index in [1.54, 1.807) is 39.0 Å². The van der Waals surface area contributed by atoms with Gasteiger partial charge < -0.3 is 9.84 Å². The molecule has 2 N–H and O–H groups in total. The smallest absolute Gasteiger partial charge is 0.328 e. The summed E-state index contributed by atoms with van der Waals surface area (Å²) in [6.07, 6.45) is 2.74. The monoisotopic (exact) mass is 401 g/mol. The molecule has 0 heterocycles. The van der Waals surface area contributed by atoms with E-state index < -0.39 is 29.5 Å². The van der Waals surface area contributed by atoms with Crippen molar-refractivity contribution in [3.8, 4) is 0 Å². The van der Waals surface area contributed by atoms with Gasteiger partial charge in [0.25, 0.3) is 0 Å². The van der Waals surface area contributed by atoms with Gasteiger partial charge in [0.1, 0.15) is 11.6 Å². The Labute approximate surface area is 164 Å². The van der Waals surface area contributed by atoms with E-state index >= 15 is 0 Å². The highest BCUT2D eigenvalue weighted by Gasteiger charge is 2.33. The zero-order valence-electron chi connectivity index (χ0n) is 15.2. The number of esters is 1. The number of nitrogens with one attached hydrogen (secondary N) is 1. The van der Waals surface area contributed by atoms with Crippen LogP contribution in [0.5, 0.6) is 0 Å². The number of carbonyl (C=O) groups is 2. The lowest BCUT2D eigenvalue weighted by molar-refractivity contribution is -0.158. The molecule has 0 spiro atoms. The summed E-state index contributed by atoms with van der Waals surface area (Å²) in [7, 11) is 0. The average molecular weight is 402 g/mol. The van der Waals surface area contributed by atoms with E-state index in [1.807, 2.05) is 0 Å². The first kappa shape index (κ1) is 21.0. The summed E-state index contributed by atoms with van der Waals surface area (Å²) >= 11 is 12.2. The van der Waals surface area contributed by atoms with E-state index in [4.69, 9.17) is 27.9 Å². The molecule has 1 aromatic rings. The van der Waals surface area contributed by atoms with E-state index in [-0.39, 0.29) is 6.04 Å². The number of hydrogen-bond acceptors (Lipinski definition) is 4. The van der Waals surface area contributed by atoms with Gasteiger partial charge in [0.05, 0.1) is 5.92 Å². The van der Waals surface area contributed by atoms with Crippen molar-refractivity contribution in [2.24, 2.45) is 5.92 Å². The third-order valence-electron chi connectivity index (χ3n) is 4.29. The Bertz CT molecular complexity index is 652. The van der Waals surface area contributed by atoms with Crippen molar-refractivity contribution in [1.82, 2.24) is 5.32 Å². The van der Waals surface area contributed by atoms with E-state index in [0.717, 1.165) is 12.8 Å². The van der Waals surface area contributed by atoms with Gasteiger partial charge in [-0.05, 0) is 63.8 Å². The molecule has 1 aromatic carbocycles. The van der Waals surface area contributed by atoms with Crippen LogP contribution in [-0.4, -0.2) is 28.7 Å². The minimum Gasteiger partial charge on any atom is -0.481 e. The molecule has 1 aliphatic carbocycles. The lowest BCUT2D eigenvalue weighted by Crippen LogP contribution is -2.43. The maximum atomic E-state index is 12.8. The predicted octanol–water partition coefficient (Wildman–Crippen LogP) is 4.61. The number of ether oxygens (including phenoxy) is 1. The molecule has 5 nitrogen and oxygen atoms in total. The van der Waals surface area contributed by atoms with Crippen molar-refractivity contribution < 1.29 is 19.4 Å². The number of hydrogen-bond donors (Lipinski definition) is 2. The number of aliphatic carboxylic acids is 1. The number of carbonyl (C=O) groups excluding carboxylic acids is 1. The highest BCUT2D eigenvalue weighted by molar-refractivity contribution is 6.34. The Hall–Kier alpha value is -1.30. The minimum absolute atomic E-state index is 0.0971. The second-order valence-corrected chi connectivity index (χ2v) is 8.61. The van der Waals surface area contributed by atoms with E-state index in [0.29, 0.717) is 28.5 Å². The SMILES string of the molecule is CC(C)(C)OC(=O)C(NC1CCCC(C(=O)O)C1)c1cc(Cl)cc(Cl)c1. The Morgan fingerprint density at radius 2 is 1.81 bits per heavy atom. The fourth-order valence-corrected chi connectivity index (χ4v) is 3.75. The second-order valence-electron chi connectivity index (χ2n) is 7.73. The minimum atomic E-state index is -0.795. The van der Waals surface area contributed by atoms with Crippen molar-refractivity contribution in [3.63, 3.8) is 0 Å². The van der Waals surface area contributed by atoms with Crippen LogP contribution >= 0.6 is 23.2 Å². The fraction of sp³-hybridized carbons (Fsp3) is 0.579. The van der Waals surface area contributed by atoms with Gasteiger partial charge in [-0.25, -0.2) is 4.79 Å². The van der Waals surface area contributed by atoms with Crippen LogP contribution in [0.1, 0.15) is 58.1 Å². The normalized spacial score (nSPS) is 21.9. The summed E-state index contributed by atoms with van der Waals surface area (Å²) in [5, 5.41) is 13.4. The van der Waals surface area contributed by atoms with E-state index in [9.17, 15) is 14.7 Å². The Morgan fingerprint density at radius 3 is 2.35 bits per heavy atom. The number of carboxylic acid groups (broad SMARTS) is 1. The Balaban J connectivity index is 2.25. The van der Waals surface area contributed by atoms with Crippen LogP contribution in [0, 0.1) is 5.92 Å². The van der Waals surface area contributed by atoms with Gasteiger partial charge in [0.15, 0.2) is 0 Å². The van der Waals surface area contributed by atoms with Gasteiger partial charge in [0.2, 0.25) is 0 Å². The molecule has 3 unspecified atom stereocenters. The van der Waals surface area contributed by atoms with Crippen molar-refractivity contribution in [3.05, 3.63) is 33.8 Å². The van der Waals surface area contributed by atoms with Gasteiger partial charge in [-0.3, -0.25) is 10.1 Å². The first-order chi connectivity index (χ1) is 12.0. The summed E-state index contributed by atoms with van der Waals surface area (Å²) in [5.41, 5.74) is -0.0376. The molecule has 3 atom stereocenters. The van der Waals surface area contributed by atoms with Crippen molar-refractivity contribution in [2.45, 2.75) is 64.1 Å². The molecule has 0 radical (unpaired) electrons. The fourth-order valence-electron chi connectivity index (χ4n) is 3.20. The molecule has 1 fully saturated rings. The topological polar surface area (TPSA) is 75.6 Å². The molecular weight excluding hydrogens is 377 g/mol. The standard InChI is InChI=1S/C19H25Cl2NO4/c1-19(2,3)26-18(25)16(12-7-13(20)10-14(21)8-12)22-15-6-4-5-11(9-15)17(23)24/h7-8,10-11,15-16,22H,4-6,9H2,1-3H3,(H,23,24). The third-order valence-corrected chi connectivity index (χ3v) is 4.72. The highest BCUT2D eigenvalue weighted by atomic mass is 35.5. The summed E-state index contributed by atoms with van der Waals surface area (Å²) in [6.45, 7) is 5.40. The lowest BCUT2D eigenvalue weighted by Gasteiger charge is -2.32. The van der Waals surface area contributed by atoms with Crippen LogP contribution in [0.15, 0.2) is 18.2 Å². The lowest BCUT2D eigenvalue weighted by atomic mass is 9.85. The molecule has 144 valence electrons. The predicted molar refractivity (Wildman–Crippen MR) is 102 cm³/mol. The molecule has 1 aliphatic rings. The third kappa shape index (κ3) is 6.15. The second kappa shape index (κ2) is 8.59. The van der Waals surface area contributed by atoms with E-state index in [2.05, 4.69) is 5.32 Å². The average Bonchev–Trinajstić information content (AvgIpc) is 2.50. The summed E-state index contributed by atoms with van der Waals surface area (Å²) in [5.74, 6) is -1.63. The largest absolute Gasteiger partial charge is 0.481 e. The number of carboxylic acids is 1. The molecule has 7 heteroatoms. The number of rotatable bonds is 5. The molecule has 0 amide bonds. The molecule has 2 rings (SSSR count). The molecule has 0 aliphatic heterocycles. The van der Waals surface area contributed by atoms with Gasteiger partial charge in [-0.15, -0.1) is 0 Å². The van der Waals surface area contributed by atoms with Crippen LogP contribution in [0.25, 0.3) is 0 Å². The van der Waals surface area contributed by atoms with Crippen molar-refractivity contribution in [2.75, 3.05) is 0 Å². The molecular formula is C19H25Cl2NO4. The maximum Gasteiger partial charge on any atom is 0.328 e. The molecule has 1 saturated carbocycles. The van der Waals surface area contributed by atoms with Gasteiger partial charge >= 0.3 is 11.9 Å². The molecule has 0 aromatic heterocycles. The number of halogens is 2. The van der Waals surface area contributed by atoms with E-state index in [1.165, 1.54) is 0 Å². The first-order valence-corrected chi connectivity index (χ1v) is 9.48. The summed E-state index contributed by atoms with van der Waals surface area (Å²) in [4.78, 5) is 24.1. The quantitative estimate of drug-likeness (QED) is 0.704. The molecule has 26 heavy (non-hydrogen) atoms. The molecule has 0 saturated heterocycles. The van der Waals surface area contributed by atoms with Crippen molar-refractivity contribution in [1.29, 1.82) is 0 Å². The van der Waals surface area contributed by atoms with Crippen LogP contribution in [0.4, 0.5) is 0 Å². The number of benzene rings is 1. The van der Waals surface area contributed by atoms with Crippen molar-refractivity contribution >= 4 is 35.1 Å². The van der Waals surface area contributed by atoms with Gasteiger partial charge in [-0.1, -0.05) is 29.6 Å². The Kier molecular flexibility index (Phi) is 6.94. The van der Waals surface area contributed by atoms with Crippen LogP contribution in [0.2, 0.25) is 10.0 Å². The summed E-state index contributed by atoms with van der Waals surface area (Å²) < 4.78 is 5.55. The zero-order chi connectivity index (χ0) is 19.5. The summed E-state index contributed by atoms with van der Waals surface area (Å²) in [6, 6.07) is 4.09. The molecule has 0 bridgehead atoms. The van der Waals surface area contributed by atoms with Gasteiger partial charge in [-0.2, -0.15) is 0 Å². The highest BCUT2D eigenvalue weighted by Crippen LogP contribution is 2.30. The maximum absolute atomic E-state index is 12.8.